The molecule has 1 heterocycles. The van der Waals surface area contributed by atoms with Crippen molar-refractivity contribution < 1.29 is 9.59 Å². The summed E-state index contributed by atoms with van der Waals surface area (Å²) < 4.78 is 0. The van der Waals surface area contributed by atoms with E-state index in [1.165, 1.54) is 11.8 Å². The second-order valence-corrected chi connectivity index (χ2v) is 7.73. The van der Waals surface area contributed by atoms with E-state index in [0.29, 0.717) is 11.7 Å². The van der Waals surface area contributed by atoms with E-state index in [0.717, 1.165) is 22.5 Å². The zero-order chi connectivity index (χ0) is 20.1. The Balaban J connectivity index is 1.52. The maximum atomic E-state index is 12.2. The van der Waals surface area contributed by atoms with Crippen molar-refractivity contribution in [1.82, 2.24) is 5.32 Å². The summed E-state index contributed by atoms with van der Waals surface area (Å²) in [7, 11) is 3.98. The van der Waals surface area contributed by atoms with Crippen molar-refractivity contribution in [2.45, 2.75) is 13.5 Å². The first-order valence-corrected chi connectivity index (χ1v) is 10.0. The summed E-state index contributed by atoms with van der Waals surface area (Å²) >= 11 is 1.28. The third-order valence-corrected chi connectivity index (χ3v) is 5.33. The van der Waals surface area contributed by atoms with Gasteiger partial charge in [-0.25, -0.2) is 0 Å². The lowest BCUT2D eigenvalue weighted by Crippen LogP contribution is -2.32. The second-order valence-electron chi connectivity index (χ2n) is 6.79. The third-order valence-electron chi connectivity index (χ3n) is 4.36. The van der Waals surface area contributed by atoms with Gasteiger partial charge in [-0.05, 0) is 36.8 Å². The van der Waals surface area contributed by atoms with Crippen molar-refractivity contribution in [3.8, 4) is 0 Å². The Bertz CT molecular complexity index is 876. The van der Waals surface area contributed by atoms with E-state index in [-0.39, 0.29) is 24.1 Å². The molecule has 1 N–H and O–H groups in total. The maximum Gasteiger partial charge on any atom is 0.254 e. The molecule has 0 atom stereocenters. The molecule has 0 aromatic heterocycles. The predicted octanol–water partition coefficient (Wildman–Crippen LogP) is 2.81. The molecular formula is C21H24N4O2S. The summed E-state index contributed by atoms with van der Waals surface area (Å²) in [5.74, 6) is 0.0462. The van der Waals surface area contributed by atoms with Crippen molar-refractivity contribution in [1.29, 1.82) is 0 Å². The van der Waals surface area contributed by atoms with E-state index in [1.54, 1.807) is 4.90 Å². The van der Waals surface area contributed by atoms with Crippen LogP contribution in [-0.2, 0) is 16.1 Å². The quantitative estimate of drug-likeness (QED) is 0.816. The summed E-state index contributed by atoms with van der Waals surface area (Å²) in [4.78, 5) is 32.3. The van der Waals surface area contributed by atoms with Crippen LogP contribution in [0.2, 0.25) is 0 Å². The topological polar surface area (TPSA) is 65.0 Å². The zero-order valence-electron chi connectivity index (χ0n) is 16.3. The van der Waals surface area contributed by atoms with Gasteiger partial charge >= 0.3 is 0 Å². The molecular weight excluding hydrogens is 372 g/mol. The van der Waals surface area contributed by atoms with Crippen molar-refractivity contribution >= 4 is 40.1 Å². The number of hydrogen-bond donors (Lipinski definition) is 1. The van der Waals surface area contributed by atoms with Gasteiger partial charge in [-0.2, -0.15) is 0 Å². The zero-order valence-corrected chi connectivity index (χ0v) is 17.1. The first kappa shape index (κ1) is 19.9. The Morgan fingerprint density at radius 2 is 1.82 bits per heavy atom. The summed E-state index contributed by atoms with van der Waals surface area (Å²) in [6, 6.07) is 15.7. The number of hydrogen-bond acceptors (Lipinski definition) is 5. The summed E-state index contributed by atoms with van der Waals surface area (Å²) in [6.07, 6.45) is 0. The molecule has 0 aliphatic carbocycles. The van der Waals surface area contributed by atoms with Crippen LogP contribution in [0.5, 0.6) is 0 Å². The van der Waals surface area contributed by atoms with Crippen LogP contribution in [0.4, 0.5) is 11.4 Å². The van der Waals surface area contributed by atoms with Crippen LogP contribution in [0.1, 0.15) is 11.1 Å². The molecule has 0 unspecified atom stereocenters. The van der Waals surface area contributed by atoms with E-state index in [9.17, 15) is 9.59 Å². The number of anilines is 2. The van der Waals surface area contributed by atoms with Gasteiger partial charge in [0, 0.05) is 26.3 Å². The van der Waals surface area contributed by atoms with Crippen molar-refractivity contribution in [2.75, 3.05) is 36.2 Å². The number of nitrogens with one attached hydrogen (secondary N) is 1. The monoisotopic (exact) mass is 396 g/mol. The summed E-state index contributed by atoms with van der Waals surface area (Å²) in [5.41, 5.74) is 4.06. The van der Waals surface area contributed by atoms with Gasteiger partial charge in [0.15, 0.2) is 5.17 Å². The number of carbonyl (C=O) groups excluding carboxylic acids is 2. The number of amidine groups is 1. The highest BCUT2D eigenvalue weighted by Gasteiger charge is 2.27. The Morgan fingerprint density at radius 1 is 1.14 bits per heavy atom. The Morgan fingerprint density at radius 3 is 2.46 bits per heavy atom. The molecule has 146 valence electrons. The molecule has 0 saturated heterocycles. The van der Waals surface area contributed by atoms with Crippen molar-refractivity contribution in [3.63, 3.8) is 0 Å². The minimum absolute atomic E-state index is 0.0762. The molecule has 2 aromatic carbocycles. The molecule has 2 aromatic rings. The minimum Gasteiger partial charge on any atom is -0.378 e. The fourth-order valence-electron chi connectivity index (χ4n) is 2.74. The molecule has 0 bridgehead atoms. The van der Waals surface area contributed by atoms with Gasteiger partial charge < -0.3 is 10.2 Å². The van der Waals surface area contributed by atoms with Crippen LogP contribution < -0.4 is 15.1 Å². The highest BCUT2D eigenvalue weighted by molar-refractivity contribution is 8.14. The maximum absolute atomic E-state index is 12.2. The Kier molecular flexibility index (Phi) is 6.36. The lowest BCUT2D eigenvalue weighted by atomic mass is 10.2. The first-order valence-electron chi connectivity index (χ1n) is 9.04. The smallest absolute Gasteiger partial charge is 0.254 e. The summed E-state index contributed by atoms with van der Waals surface area (Å²) in [6.45, 7) is 2.59. The van der Waals surface area contributed by atoms with Crippen LogP contribution in [0, 0.1) is 6.92 Å². The number of amides is 2. The number of rotatable bonds is 6. The van der Waals surface area contributed by atoms with E-state index in [1.807, 2.05) is 74.4 Å². The average molecular weight is 397 g/mol. The fourth-order valence-corrected chi connectivity index (χ4v) is 3.59. The van der Waals surface area contributed by atoms with Crippen LogP contribution in [-0.4, -0.2) is 43.4 Å². The number of thioether (sulfide) groups is 1. The van der Waals surface area contributed by atoms with Gasteiger partial charge in [0.25, 0.3) is 5.91 Å². The van der Waals surface area contributed by atoms with E-state index in [2.05, 4.69) is 10.3 Å². The number of nitrogens with zero attached hydrogens (tertiary/aromatic N) is 3. The van der Waals surface area contributed by atoms with Gasteiger partial charge in [0.1, 0.15) is 6.54 Å². The molecule has 7 heteroatoms. The molecule has 28 heavy (non-hydrogen) atoms. The number of carbonyl (C=O) groups is 2. The van der Waals surface area contributed by atoms with Crippen molar-refractivity contribution in [2.24, 2.45) is 4.99 Å². The molecule has 6 nitrogen and oxygen atoms in total. The van der Waals surface area contributed by atoms with E-state index < -0.39 is 0 Å². The lowest BCUT2D eigenvalue weighted by Gasteiger charge is -2.18. The van der Waals surface area contributed by atoms with Gasteiger partial charge in [0.05, 0.1) is 11.4 Å². The molecule has 1 aliphatic heterocycles. The predicted molar refractivity (Wildman–Crippen MR) is 116 cm³/mol. The average Bonchev–Trinajstić information content (AvgIpc) is 3.06. The van der Waals surface area contributed by atoms with Gasteiger partial charge in [-0.3, -0.25) is 19.5 Å². The lowest BCUT2D eigenvalue weighted by molar-refractivity contribution is -0.118. The number of aryl methyl sites for hydroxylation is 1. The second kappa shape index (κ2) is 8.93. The molecule has 3 rings (SSSR count). The van der Waals surface area contributed by atoms with Crippen LogP contribution in [0.15, 0.2) is 53.5 Å². The Hall–Kier alpha value is -2.80. The fraction of sp³-hybridized carbons (Fsp3) is 0.286. The number of benzene rings is 2. The largest absolute Gasteiger partial charge is 0.378 e. The van der Waals surface area contributed by atoms with E-state index in [4.69, 9.17) is 0 Å². The van der Waals surface area contributed by atoms with Gasteiger partial charge in [-0.1, -0.05) is 41.6 Å². The van der Waals surface area contributed by atoms with Gasteiger partial charge in [-0.15, -0.1) is 0 Å². The van der Waals surface area contributed by atoms with Crippen LogP contribution in [0.25, 0.3) is 0 Å². The SMILES string of the molecule is Cc1ccc(N2C(=O)CN=C2SCC(=O)NCc2ccc(N(C)C)cc2)cc1. The number of aliphatic imine (C=N–C) groups is 1. The normalized spacial score (nSPS) is 13.5. The van der Waals surface area contributed by atoms with Crippen LogP contribution in [0.3, 0.4) is 0 Å². The molecule has 0 fully saturated rings. The molecule has 2 amide bonds. The highest BCUT2D eigenvalue weighted by Crippen LogP contribution is 2.24. The molecule has 0 radical (unpaired) electrons. The first-order chi connectivity index (χ1) is 13.4. The summed E-state index contributed by atoms with van der Waals surface area (Å²) in [5, 5.41) is 3.48. The van der Waals surface area contributed by atoms with E-state index >= 15 is 0 Å². The molecule has 1 aliphatic rings. The van der Waals surface area contributed by atoms with Gasteiger partial charge in [0.2, 0.25) is 5.91 Å². The molecule has 0 saturated carbocycles. The third kappa shape index (κ3) is 4.92. The Labute approximate surface area is 169 Å². The highest BCUT2D eigenvalue weighted by atomic mass is 32.2. The standard InChI is InChI=1S/C21H24N4O2S/c1-15-4-8-18(9-5-15)25-20(27)13-23-21(25)28-14-19(26)22-12-16-6-10-17(11-7-16)24(2)3/h4-11H,12-14H2,1-3H3,(H,22,26). The van der Waals surface area contributed by atoms with Crippen LogP contribution >= 0.6 is 11.8 Å². The molecule has 0 spiro atoms. The van der Waals surface area contributed by atoms with Crippen molar-refractivity contribution in [3.05, 3.63) is 59.7 Å². The minimum atomic E-state index is -0.0902.